The van der Waals surface area contributed by atoms with Gasteiger partial charge >= 0.3 is 0 Å². The van der Waals surface area contributed by atoms with Crippen molar-refractivity contribution in [1.29, 1.82) is 0 Å². The van der Waals surface area contributed by atoms with Crippen LogP contribution in [0.2, 0.25) is 0 Å². The lowest BCUT2D eigenvalue weighted by molar-refractivity contribution is 0.135. The van der Waals surface area contributed by atoms with E-state index < -0.39 is 15.8 Å². The Balaban J connectivity index is 2.11. The smallest absolute Gasteiger partial charge is 0.253 e. The van der Waals surface area contributed by atoms with E-state index in [4.69, 9.17) is 0 Å². The molecular weight excluding hydrogens is 337 g/mol. The molecule has 0 aliphatic carbocycles. The van der Waals surface area contributed by atoms with Gasteiger partial charge in [0.05, 0.1) is 9.37 Å². The lowest BCUT2D eigenvalue weighted by Crippen LogP contribution is -2.52. The molecule has 1 saturated heterocycles. The number of nitrogens with zero attached hydrogens (tertiary/aromatic N) is 2. The zero-order valence-electron chi connectivity index (χ0n) is 10.4. The van der Waals surface area contributed by atoms with E-state index in [1.165, 1.54) is 12.1 Å². The van der Waals surface area contributed by atoms with Crippen LogP contribution in [0.4, 0.5) is 4.39 Å². The van der Waals surface area contributed by atoms with Crippen molar-refractivity contribution >= 4 is 26.0 Å². The summed E-state index contributed by atoms with van der Waals surface area (Å²) in [5, 5.41) is 1.63. The molecule has 8 heteroatoms. The average molecular weight is 352 g/mol. The molecule has 0 saturated carbocycles. The molecule has 0 spiro atoms. The standard InChI is InChI=1S/C11H15BrFN3O2S/c1-15-4-6-16(7-5-15)14-19(17,18)9-2-3-10(12)11(13)8-9/h2-3,8,14H,4-7H2,1H3. The minimum Gasteiger partial charge on any atom is -0.304 e. The second-order valence-corrected chi connectivity index (χ2v) is 6.98. The third-order valence-electron chi connectivity index (χ3n) is 2.95. The molecule has 0 unspecified atom stereocenters. The fourth-order valence-corrected chi connectivity index (χ4v) is 3.14. The summed E-state index contributed by atoms with van der Waals surface area (Å²) >= 11 is 3.00. The van der Waals surface area contributed by atoms with Crippen LogP contribution in [0, 0.1) is 5.82 Å². The van der Waals surface area contributed by atoms with E-state index in [0.29, 0.717) is 13.1 Å². The van der Waals surface area contributed by atoms with Gasteiger partial charge in [-0.15, -0.1) is 4.83 Å². The summed E-state index contributed by atoms with van der Waals surface area (Å²) in [4.78, 5) is 4.51. The van der Waals surface area contributed by atoms with Gasteiger partial charge in [0.25, 0.3) is 10.0 Å². The molecule has 0 radical (unpaired) electrons. The van der Waals surface area contributed by atoms with E-state index in [1.54, 1.807) is 5.01 Å². The highest BCUT2D eigenvalue weighted by molar-refractivity contribution is 9.10. The van der Waals surface area contributed by atoms with Crippen LogP contribution < -0.4 is 4.83 Å². The lowest BCUT2D eigenvalue weighted by atomic mass is 10.3. The molecule has 5 nitrogen and oxygen atoms in total. The monoisotopic (exact) mass is 351 g/mol. The Hall–Kier alpha value is -0.540. The number of hydrogen-bond acceptors (Lipinski definition) is 4. The van der Waals surface area contributed by atoms with Crippen molar-refractivity contribution in [3.8, 4) is 0 Å². The first-order valence-corrected chi connectivity index (χ1v) is 8.07. The number of nitrogens with one attached hydrogen (secondary N) is 1. The molecule has 0 amide bonds. The van der Waals surface area contributed by atoms with Crippen molar-refractivity contribution in [2.45, 2.75) is 4.90 Å². The van der Waals surface area contributed by atoms with E-state index in [0.717, 1.165) is 19.2 Å². The fraction of sp³-hybridized carbons (Fsp3) is 0.455. The van der Waals surface area contributed by atoms with Crippen molar-refractivity contribution in [3.63, 3.8) is 0 Å². The number of hydrazine groups is 1. The number of likely N-dealkylation sites (N-methyl/N-ethyl adjacent to an activating group) is 1. The Morgan fingerprint density at radius 3 is 2.47 bits per heavy atom. The maximum Gasteiger partial charge on any atom is 0.253 e. The van der Waals surface area contributed by atoms with Crippen molar-refractivity contribution in [1.82, 2.24) is 14.7 Å². The number of halogens is 2. The van der Waals surface area contributed by atoms with Gasteiger partial charge in [-0.2, -0.15) is 0 Å². The minimum atomic E-state index is -3.72. The topological polar surface area (TPSA) is 52.6 Å². The lowest BCUT2D eigenvalue weighted by Gasteiger charge is -2.32. The number of piperazine rings is 1. The number of hydrogen-bond donors (Lipinski definition) is 1. The summed E-state index contributed by atoms with van der Waals surface area (Å²) < 4.78 is 37.8. The SMILES string of the molecule is CN1CCN(NS(=O)(=O)c2ccc(Br)c(F)c2)CC1. The van der Waals surface area contributed by atoms with Gasteiger partial charge < -0.3 is 4.90 Å². The first-order chi connectivity index (χ1) is 8.88. The Kier molecular flexibility index (Phi) is 4.57. The molecule has 106 valence electrons. The van der Waals surface area contributed by atoms with Gasteiger partial charge in [-0.1, -0.05) is 0 Å². The highest BCUT2D eigenvalue weighted by atomic mass is 79.9. The molecule has 1 aliphatic rings. The fourth-order valence-electron chi connectivity index (χ4n) is 1.76. The van der Waals surface area contributed by atoms with Crippen molar-refractivity contribution < 1.29 is 12.8 Å². The largest absolute Gasteiger partial charge is 0.304 e. The van der Waals surface area contributed by atoms with E-state index in [2.05, 4.69) is 25.7 Å². The van der Waals surface area contributed by atoms with Crippen LogP contribution in [0.3, 0.4) is 0 Å². The summed E-state index contributed by atoms with van der Waals surface area (Å²) in [5.74, 6) is -0.596. The molecule has 1 heterocycles. The number of sulfonamides is 1. The predicted octanol–water partition coefficient (Wildman–Crippen LogP) is 1.03. The van der Waals surface area contributed by atoms with Crippen LogP contribution in [-0.4, -0.2) is 51.6 Å². The Morgan fingerprint density at radius 1 is 1.26 bits per heavy atom. The molecule has 2 rings (SSSR count). The van der Waals surface area contributed by atoms with Crippen LogP contribution in [0.15, 0.2) is 27.6 Å². The van der Waals surface area contributed by atoms with E-state index in [-0.39, 0.29) is 9.37 Å². The van der Waals surface area contributed by atoms with Crippen LogP contribution in [0.1, 0.15) is 0 Å². The quantitative estimate of drug-likeness (QED) is 0.883. The van der Waals surface area contributed by atoms with Crippen LogP contribution in [0.5, 0.6) is 0 Å². The van der Waals surface area contributed by atoms with Gasteiger partial charge in [-0.05, 0) is 41.2 Å². The van der Waals surface area contributed by atoms with Gasteiger partial charge in [0, 0.05) is 26.2 Å². The molecule has 0 bridgehead atoms. The summed E-state index contributed by atoms with van der Waals surface area (Å²) in [5.41, 5.74) is 0. The minimum absolute atomic E-state index is 0.0767. The summed E-state index contributed by atoms with van der Waals surface area (Å²) in [6, 6.07) is 3.75. The van der Waals surface area contributed by atoms with Gasteiger partial charge in [0.1, 0.15) is 5.82 Å². The Labute approximate surface area is 120 Å². The predicted molar refractivity (Wildman–Crippen MR) is 73.5 cm³/mol. The second-order valence-electron chi connectivity index (χ2n) is 4.46. The molecule has 1 fully saturated rings. The maximum atomic E-state index is 13.4. The maximum absolute atomic E-state index is 13.4. The zero-order chi connectivity index (χ0) is 14.0. The zero-order valence-corrected chi connectivity index (χ0v) is 12.8. The highest BCUT2D eigenvalue weighted by Gasteiger charge is 2.22. The first-order valence-electron chi connectivity index (χ1n) is 5.79. The normalized spacial score (nSPS) is 18.7. The van der Waals surface area contributed by atoms with Crippen LogP contribution in [0.25, 0.3) is 0 Å². The average Bonchev–Trinajstić information content (AvgIpc) is 2.35. The molecule has 1 aromatic carbocycles. The van der Waals surface area contributed by atoms with Gasteiger partial charge in [0.2, 0.25) is 0 Å². The van der Waals surface area contributed by atoms with E-state index in [1.807, 2.05) is 7.05 Å². The van der Waals surface area contributed by atoms with Crippen LogP contribution in [-0.2, 0) is 10.0 Å². The molecule has 1 aliphatic heterocycles. The number of rotatable bonds is 3. The van der Waals surface area contributed by atoms with Gasteiger partial charge in [0.15, 0.2) is 0 Å². The van der Waals surface area contributed by atoms with Gasteiger partial charge in [-0.25, -0.2) is 17.8 Å². The van der Waals surface area contributed by atoms with E-state index >= 15 is 0 Å². The van der Waals surface area contributed by atoms with Crippen molar-refractivity contribution in [2.24, 2.45) is 0 Å². The van der Waals surface area contributed by atoms with Crippen molar-refractivity contribution in [3.05, 3.63) is 28.5 Å². The summed E-state index contributed by atoms with van der Waals surface area (Å²) in [6.07, 6.45) is 0. The van der Waals surface area contributed by atoms with Crippen LogP contribution >= 0.6 is 15.9 Å². The van der Waals surface area contributed by atoms with Crippen molar-refractivity contribution in [2.75, 3.05) is 33.2 Å². The Bertz CT molecular complexity index is 559. The molecule has 19 heavy (non-hydrogen) atoms. The third kappa shape index (κ3) is 3.73. The Morgan fingerprint density at radius 2 is 1.89 bits per heavy atom. The molecule has 0 aromatic heterocycles. The molecular formula is C11H15BrFN3O2S. The second kappa shape index (κ2) is 5.84. The molecule has 1 aromatic rings. The first kappa shape index (κ1) is 14.9. The summed E-state index contributed by atoms with van der Waals surface area (Å²) in [7, 11) is -1.74. The highest BCUT2D eigenvalue weighted by Crippen LogP contribution is 2.19. The van der Waals surface area contributed by atoms with E-state index in [9.17, 15) is 12.8 Å². The molecule has 1 N–H and O–H groups in total. The number of benzene rings is 1. The summed E-state index contributed by atoms with van der Waals surface area (Å²) in [6.45, 7) is 2.79. The van der Waals surface area contributed by atoms with Gasteiger partial charge in [-0.3, -0.25) is 0 Å². The third-order valence-corrected chi connectivity index (χ3v) is 4.97. The molecule has 0 atom stereocenters.